The van der Waals surface area contributed by atoms with Gasteiger partial charge in [-0.25, -0.2) is 4.98 Å². The molecule has 0 unspecified atom stereocenters. The molecule has 0 saturated heterocycles. The fraction of sp³-hybridized carbons (Fsp3) is 0.294. The zero-order chi connectivity index (χ0) is 15.5. The van der Waals surface area contributed by atoms with Crippen molar-refractivity contribution in [2.24, 2.45) is 0 Å². The Labute approximate surface area is 138 Å². The number of thiophene rings is 1. The fourth-order valence-electron chi connectivity index (χ4n) is 2.78. The molecule has 1 aromatic carbocycles. The van der Waals surface area contributed by atoms with Gasteiger partial charge in [0, 0.05) is 30.0 Å². The lowest BCUT2D eigenvalue weighted by Crippen LogP contribution is -2.25. The second-order valence-electron chi connectivity index (χ2n) is 5.62. The molecule has 0 saturated carbocycles. The third-order valence-electron chi connectivity index (χ3n) is 3.90. The van der Waals surface area contributed by atoms with E-state index in [4.69, 9.17) is 4.74 Å². The standard InChI is InChI=1S/C17H18N4OS/c1-2-6-15-13(4-1)11-21(7-8-22-15)12-17-18-16(19-20-17)10-14-5-3-9-23-14/h1-6,9H,7-8,10-12H2,(H,18,19,20). The highest BCUT2D eigenvalue weighted by Gasteiger charge is 2.16. The molecular weight excluding hydrogens is 308 g/mol. The molecule has 6 heteroatoms. The first-order chi connectivity index (χ1) is 11.4. The minimum Gasteiger partial charge on any atom is -0.492 e. The summed E-state index contributed by atoms with van der Waals surface area (Å²) in [6, 6.07) is 12.4. The van der Waals surface area contributed by atoms with E-state index < -0.39 is 0 Å². The van der Waals surface area contributed by atoms with Crippen LogP contribution < -0.4 is 4.74 Å². The number of aromatic nitrogens is 3. The fourth-order valence-corrected chi connectivity index (χ4v) is 3.49. The maximum Gasteiger partial charge on any atom is 0.164 e. The Morgan fingerprint density at radius 2 is 2.17 bits per heavy atom. The smallest absolute Gasteiger partial charge is 0.164 e. The maximum atomic E-state index is 5.80. The molecule has 5 nitrogen and oxygen atoms in total. The lowest BCUT2D eigenvalue weighted by Gasteiger charge is -2.16. The molecule has 118 valence electrons. The number of para-hydroxylation sites is 1. The summed E-state index contributed by atoms with van der Waals surface area (Å²) in [6.45, 7) is 3.18. The summed E-state index contributed by atoms with van der Waals surface area (Å²) in [4.78, 5) is 8.24. The lowest BCUT2D eigenvalue weighted by atomic mass is 10.2. The van der Waals surface area contributed by atoms with Gasteiger partial charge in [0.2, 0.25) is 0 Å². The van der Waals surface area contributed by atoms with E-state index in [1.54, 1.807) is 11.3 Å². The Balaban J connectivity index is 1.43. The van der Waals surface area contributed by atoms with Gasteiger partial charge in [0.25, 0.3) is 0 Å². The highest BCUT2D eigenvalue weighted by Crippen LogP contribution is 2.23. The number of hydrogen-bond acceptors (Lipinski definition) is 5. The minimum absolute atomic E-state index is 0.698. The largest absolute Gasteiger partial charge is 0.492 e. The van der Waals surface area contributed by atoms with Crippen LogP contribution in [0.25, 0.3) is 0 Å². The van der Waals surface area contributed by atoms with Crippen LogP contribution in [0.2, 0.25) is 0 Å². The van der Waals surface area contributed by atoms with Crippen molar-refractivity contribution >= 4 is 11.3 Å². The predicted molar refractivity (Wildman–Crippen MR) is 89.6 cm³/mol. The van der Waals surface area contributed by atoms with Crippen LogP contribution in [0.5, 0.6) is 5.75 Å². The molecule has 3 aromatic rings. The molecule has 1 N–H and O–H groups in total. The molecule has 3 heterocycles. The van der Waals surface area contributed by atoms with E-state index in [1.807, 2.05) is 12.1 Å². The van der Waals surface area contributed by atoms with Crippen LogP contribution in [-0.2, 0) is 19.5 Å². The summed E-state index contributed by atoms with van der Waals surface area (Å²) in [5.74, 6) is 2.76. The van der Waals surface area contributed by atoms with Gasteiger partial charge in [0.1, 0.15) is 18.2 Å². The topological polar surface area (TPSA) is 54.0 Å². The Hall–Kier alpha value is -2.18. The molecule has 0 atom stereocenters. The van der Waals surface area contributed by atoms with E-state index in [0.717, 1.165) is 43.5 Å². The van der Waals surface area contributed by atoms with E-state index in [9.17, 15) is 0 Å². The van der Waals surface area contributed by atoms with E-state index in [0.29, 0.717) is 6.61 Å². The Kier molecular flexibility index (Phi) is 4.08. The van der Waals surface area contributed by atoms with E-state index in [-0.39, 0.29) is 0 Å². The summed E-state index contributed by atoms with van der Waals surface area (Å²) in [7, 11) is 0. The Morgan fingerprint density at radius 3 is 3.09 bits per heavy atom. The number of benzene rings is 1. The monoisotopic (exact) mass is 326 g/mol. The van der Waals surface area contributed by atoms with Crippen LogP contribution in [0.4, 0.5) is 0 Å². The van der Waals surface area contributed by atoms with Gasteiger partial charge in [-0.05, 0) is 17.5 Å². The summed E-state index contributed by atoms with van der Waals surface area (Å²) in [5.41, 5.74) is 1.22. The molecule has 0 bridgehead atoms. The molecule has 0 radical (unpaired) electrons. The first-order valence-corrected chi connectivity index (χ1v) is 8.60. The number of H-pyrrole nitrogens is 1. The molecule has 0 fully saturated rings. The first-order valence-electron chi connectivity index (χ1n) is 7.72. The molecular formula is C17H18N4OS. The predicted octanol–water partition coefficient (Wildman–Crippen LogP) is 2.85. The van der Waals surface area contributed by atoms with Gasteiger partial charge in [0.05, 0.1) is 6.54 Å². The normalized spacial score (nSPS) is 15.0. The maximum absolute atomic E-state index is 5.80. The quantitative estimate of drug-likeness (QED) is 0.801. The molecule has 4 rings (SSSR count). The average molecular weight is 326 g/mol. The van der Waals surface area contributed by atoms with Crippen LogP contribution in [0.3, 0.4) is 0 Å². The number of rotatable bonds is 4. The van der Waals surface area contributed by atoms with Crippen molar-refractivity contribution in [1.82, 2.24) is 20.1 Å². The van der Waals surface area contributed by atoms with E-state index >= 15 is 0 Å². The van der Waals surface area contributed by atoms with Crippen molar-refractivity contribution in [3.05, 3.63) is 63.9 Å². The Morgan fingerprint density at radius 1 is 1.22 bits per heavy atom. The zero-order valence-electron chi connectivity index (χ0n) is 12.7. The zero-order valence-corrected chi connectivity index (χ0v) is 13.6. The summed E-state index contributed by atoms with van der Waals surface area (Å²) in [6.07, 6.45) is 0.816. The summed E-state index contributed by atoms with van der Waals surface area (Å²) < 4.78 is 5.80. The summed E-state index contributed by atoms with van der Waals surface area (Å²) in [5, 5.41) is 9.50. The molecule has 0 amide bonds. The highest BCUT2D eigenvalue weighted by molar-refractivity contribution is 7.09. The van der Waals surface area contributed by atoms with Gasteiger partial charge in [-0.1, -0.05) is 24.3 Å². The van der Waals surface area contributed by atoms with Crippen molar-refractivity contribution < 1.29 is 4.74 Å². The lowest BCUT2D eigenvalue weighted by molar-refractivity contribution is 0.216. The number of ether oxygens (including phenoxy) is 1. The van der Waals surface area contributed by atoms with Gasteiger partial charge in [-0.3, -0.25) is 10.00 Å². The average Bonchev–Trinajstić information content (AvgIpc) is 3.17. The van der Waals surface area contributed by atoms with Crippen molar-refractivity contribution in [1.29, 1.82) is 0 Å². The number of nitrogens with one attached hydrogen (secondary N) is 1. The first kappa shape index (κ1) is 14.4. The van der Waals surface area contributed by atoms with E-state index in [1.165, 1.54) is 10.4 Å². The molecule has 1 aliphatic heterocycles. The van der Waals surface area contributed by atoms with Gasteiger partial charge in [-0.2, -0.15) is 5.10 Å². The SMILES string of the molecule is c1csc(Cc2nc(CN3CCOc4ccccc4C3)n[nH]2)c1. The number of fused-ring (bicyclic) bond motifs is 1. The molecule has 2 aromatic heterocycles. The van der Waals surface area contributed by atoms with Crippen LogP contribution in [0.15, 0.2) is 41.8 Å². The van der Waals surface area contributed by atoms with Crippen molar-refractivity contribution in [2.45, 2.75) is 19.5 Å². The number of nitrogens with zero attached hydrogens (tertiary/aromatic N) is 3. The van der Waals surface area contributed by atoms with Gasteiger partial charge < -0.3 is 4.74 Å². The van der Waals surface area contributed by atoms with Crippen LogP contribution >= 0.6 is 11.3 Å². The van der Waals surface area contributed by atoms with Crippen molar-refractivity contribution in [3.63, 3.8) is 0 Å². The van der Waals surface area contributed by atoms with Crippen LogP contribution in [0.1, 0.15) is 22.1 Å². The third kappa shape index (κ3) is 3.43. The minimum atomic E-state index is 0.698. The molecule has 0 spiro atoms. The molecule has 23 heavy (non-hydrogen) atoms. The van der Waals surface area contributed by atoms with Crippen molar-refractivity contribution in [3.8, 4) is 5.75 Å². The van der Waals surface area contributed by atoms with Crippen molar-refractivity contribution in [2.75, 3.05) is 13.2 Å². The van der Waals surface area contributed by atoms with Crippen LogP contribution in [0, 0.1) is 0 Å². The van der Waals surface area contributed by atoms with Gasteiger partial charge in [0.15, 0.2) is 5.82 Å². The third-order valence-corrected chi connectivity index (χ3v) is 4.77. The number of hydrogen-bond donors (Lipinski definition) is 1. The molecule has 1 aliphatic rings. The molecule has 0 aliphatic carbocycles. The summed E-state index contributed by atoms with van der Waals surface area (Å²) >= 11 is 1.74. The second-order valence-corrected chi connectivity index (χ2v) is 6.65. The Bertz CT molecular complexity index is 769. The van der Waals surface area contributed by atoms with Gasteiger partial charge in [-0.15, -0.1) is 11.3 Å². The van der Waals surface area contributed by atoms with Gasteiger partial charge >= 0.3 is 0 Å². The second kappa shape index (κ2) is 6.52. The number of aromatic amines is 1. The van der Waals surface area contributed by atoms with E-state index in [2.05, 4.69) is 49.7 Å². The highest BCUT2D eigenvalue weighted by atomic mass is 32.1. The van der Waals surface area contributed by atoms with Crippen LogP contribution in [-0.4, -0.2) is 33.2 Å².